The summed E-state index contributed by atoms with van der Waals surface area (Å²) >= 11 is 0. The van der Waals surface area contributed by atoms with Gasteiger partial charge in [-0.05, 0) is 19.8 Å². The van der Waals surface area contributed by atoms with Crippen molar-refractivity contribution in [3.8, 4) is 11.5 Å². The van der Waals surface area contributed by atoms with Gasteiger partial charge < -0.3 is 19.5 Å². The summed E-state index contributed by atoms with van der Waals surface area (Å²) in [6.07, 6.45) is 0.756. The summed E-state index contributed by atoms with van der Waals surface area (Å²) in [4.78, 5) is 34.6. The molecule has 0 unspecified atom stereocenters. The first-order chi connectivity index (χ1) is 11.5. The predicted octanol–water partition coefficient (Wildman–Crippen LogP) is 1.19. The molecule has 1 fully saturated rings. The number of ether oxygens (including phenoxy) is 3. The Balaban J connectivity index is 1.79. The molecule has 1 amide bonds. The Labute approximate surface area is 137 Å². The number of nitrogens with one attached hydrogen (secondary N) is 1. The van der Waals surface area contributed by atoms with Crippen LogP contribution in [0, 0.1) is 10.1 Å². The summed E-state index contributed by atoms with van der Waals surface area (Å²) < 4.78 is 15.7. The lowest BCUT2D eigenvalue weighted by molar-refractivity contribution is -0.385. The molecule has 0 spiro atoms. The molecule has 1 N–H and O–H groups in total. The van der Waals surface area contributed by atoms with Crippen LogP contribution in [0.5, 0.6) is 11.5 Å². The molecule has 3 rings (SSSR count). The average Bonchev–Trinajstić information content (AvgIpc) is 3.37. The zero-order valence-corrected chi connectivity index (χ0v) is 12.9. The third kappa shape index (κ3) is 3.39. The molecule has 1 aliphatic carbocycles. The van der Waals surface area contributed by atoms with Gasteiger partial charge in [0, 0.05) is 12.1 Å². The van der Waals surface area contributed by atoms with E-state index >= 15 is 0 Å². The van der Waals surface area contributed by atoms with Gasteiger partial charge >= 0.3 is 5.97 Å². The molecule has 1 saturated carbocycles. The summed E-state index contributed by atoms with van der Waals surface area (Å²) in [6.45, 7) is 1.96. The molecular weight excluding hydrogens is 320 g/mol. The van der Waals surface area contributed by atoms with Crippen LogP contribution < -0.4 is 14.8 Å². The maximum atomic E-state index is 12.3. The summed E-state index contributed by atoms with van der Waals surface area (Å²) in [5.74, 6) is -0.957. The van der Waals surface area contributed by atoms with Crippen molar-refractivity contribution in [1.82, 2.24) is 5.32 Å². The van der Waals surface area contributed by atoms with Gasteiger partial charge in [0.2, 0.25) is 0 Å². The standard InChI is InChI=1S/C15H16N2O7/c1-8(14(18)16-9-2-3-9)24-15(19)10-6-12-13(23-5-4-22-12)7-11(10)17(20)21/h6-9H,2-5H2,1H3,(H,16,18)/t8-/m0/s1. The Morgan fingerprint density at radius 2 is 1.92 bits per heavy atom. The van der Waals surface area contributed by atoms with E-state index in [0.29, 0.717) is 0 Å². The van der Waals surface area contributed by atoms with Gasteiger partial charge in [-0.25, -0.2) is 4.79 Å². The largest absolute Gasteiger partial charge is 0.486 e. The van der Waals surface area contributed by atoms with Gasteiger partial charge in [-0.3, -0.25) is 14.9 Å². The molecular formula is C15H16N2O7. The second kappa shape index (κ2) is 6.34. The molecule has 1 atom stereocenters. The van der Waals surface area contributed by atoms with Crippen LogP contribution in [0.25, 0.3) is 0 Å². The zero-order valence-electron chi connectivity index (χ0n) is 12.9. The van der Waals surface area contributed by atoms with Gasteiger partial charge in [0.05, 0.1) is 11.0 Å². The van der Waals surface area contributed by atoms with Gasteiger partial charge in [0.1, 0.15) is 18.8 Å². The number of esters is 1. The van der Waals surface area contributed by atoms with E-state index in [-0.39, 0.29) is 36.3 Å². The van der Waals surface area contributed by atoms with Gasteiger partial charge in [-0.1, -0.05) is 0 Å². The van der Waals surface area contributed by atoms with Crippen LogP contribution in [0.3, 0.4) is 0 Å². The van der Waals surface area contributed by atoms with Crippen LogP contribution in [0.1, 0.15) is 30.1 Å². The number of fused-ring (bicyclic) bond motifs is 1. The fourth-order valence-corrected chi connectivity index (χ4v) is 2.22. The molecule has 0 saturated heterocycles. The van der Waals surface area contributed by atoms with Crippen LogP contribution in [-0.4, -0.2) is 42.2 Å². The quantitative estimate of drug-likeness (QED) is 0.487. The average molecular weight is 336 g/mol. The number of hydrogen-bond donors (Lipinski definition) is 1. The molecule has 24 heavy (non-hydrogen) atoms. The van der Waals surface area contributed by atoms with Gasteiger partial charge in [0.15, 0.2) is 17.6 Å². The zero-order chi connectivity index (χ0) is 17.3. The Morgan fingerprint density at radius 3 is 2.50 bits per heavy atom. The number of carbonyl (C=O) groups excluding carboxylic acids is 2. The van der Waals surface area contributed by atoms with Gasteiger partial charge in [-0.15, -0.1) is 0 Å². The highest BCUT2D eigenvalue weighted by molar-refractivity contribution is 5.96. The van der Waals surface area contributed by atoms with Crippen LogP contribution in [0.4, 0.5) is 5.69 Å². The highest BCUT2D eigenvalue weighted by Gasteiger charge is 2.31. The molecule has 0 bridgehead atoms. The lowest BCUT2D eigenvalue weighted by Crippen LogP contribution is -2.37. The van der Waals surface area contributed by atoms with E-state index in [0.717, 1.165) is 18.9 Å². The fourth-order valence-electron chi connectivity index (χ4n) is 2.22. The van der Waals surface area contributed by atoms with Crippen molar-refractivity contribution in [2.24, 2.45) is 0 Å². The summed E-state index contributed by atoms with van der Waals surface area (Å²) in [5, 5.41) is 13.9. The van der Waals surface area contributed by atoms with Crippen molar-refractivity contribution in [1.29, 1.82) is 0 Å². The number of nitro groups is 1. The third-order valence-corrected chi connectivity index (χ3v) is 3.65. The van der Waals surface area contributed by atoms with E-state index in [2.05, 4.69) is 5.32 Å². The highest BCUT2D eigenvalue weighted by atomic mass is 16.6. The monoisotopic (exact) mass is 336 g/mol. The lowest BCUT2D eigenvalue weighted by Gasteiger charge is -2.19. The topological polar surface area (TPSA) is 117 Å². The molecule has 1 aromatic carbocycles. The molecule has 9 nitrogen and oxygen atoms in total. The van der Waals surface area contributed by atoms with Crippen molar-refractivity contribution in [3.63, 3.8) is 0 Å². The second-order valence-corrected chi connectivity index (χ2v) is 5.60. The molecule has 1 heterocycles. The molecule has 0 aromatic heterocycles. The maximum absolute atomic E-state index is 12.3. The Bertz CT molecular complexity index is 699. The van der Waals surface area contributed by atoms with Crippen LogP contribution in [0.15, 0.2) is 12.1 Å². The fraction of sp³-hybridized carbons (Fsp3) is 0.467. The van der Waals surface area contributed by atoms with E-state index in [9.17, 15) is 19.7 Å². The minimum Gasteiger partial charge on any atom is -0.486 e. The maximum Gasteiger partial charge on any atom is 0.346 e. The van der Waals surface area contributed by atoms with Gasteiger partial charge in [-0.2, -0.15) is 0 Å². The summed E-state index contributed by atoms with van der Waals surface area (Å²) in [6, 6.07) is 2.46. The molecule has 9 heteroatoms. The minimum absolute atomic E-state index is 0.127. The van der Waals surface area contributed by atoms with Crippen LogP contribution in [0.2, 0.25) is 0 Å². The predicted molar refractivity (Wildman–Crippen MR) is 80.1 cm³/mol. The van der Waals surface area contributed by atoms with Crippen molar-refractivity contribution in [2.75, 3.05) is 13.2 Å². The van der Waals surface area contributed by atoms with E-state index in [1.54, 1.807) is 0 Å². The molecule has 0 radical (unpaired) electrons. The summed E-state index contributed by atoms with van der Waals surface area (Å²) in [7, 11) is 0. The highest BCUT2D eigenvalue weighted by Crippen LogP contribution is 2.37. The number of hydrogen-bond acceptors (Lipinski definition) is 7. The Hall–Kier alpha value is -2.84. The van der Waals surface area contributed by atoms with Crippen LogP contribution in [-0.2, 0) is 9.53 Å². The lowest BCUT2D eigenvalue weighted by atomic mass is 10.1. The first-order valence-corrected chi connectivity index (χ1v) is 7.55. The van der Waals surface area contributed by atoms with E-state index < -0.39 is 28.6 Å². The normalized spacial score (nSPS) is 16.9. The number of carbonyl (C=O) groups is 2. The van der Waals surface area contributed by atoms with Crippen molar-refractivity contribution < 1.29 is 28.7 Å². The first-order valence-electron chi connectivity index (χ1n) is 7.55. The summed E-state index contributed by atoms with van der Waals surface area (Å²) in [5.41, 5.74) is -0.741. The van der Waals surface area contributed by atoms with Crippen molar-refractivity contribution in [2.45, 2.75) is 31.9 Å². The SMILES string of the molecule is C[C@H](OC(=O)c1cc2c(cc1[N+](=O)[O-])OCCO2)C(=O)NC1CC1. The van der Waals surface area contributed by atoms with Crippen molar-refractivity contribution >= 4 is 17.6 Å². The number of nitrogens with zero attached hydrogens (tertiary/aromatic N) is 1. The minimum atomic E-state index is -1.05. The molecule has 2 aliphatic rings. The van der Waals surface area contributed by atoms with Crippen LogP contribution >= 0.6 is 0 Å². The molecule has 128 valence electrons. The molecule has 1 aromatic rings. The Morgan fingerprint density at radius 1 is 1.29 bits per heavy atom. The van der Waals surface area contributed by atoms with Gasteiger partial charge in [0.25, 0.3) is 11.6 Å². The number of rotatable bonds is 5. The van der Waals surface area contributed by atoms with E-state index in [4.69, 9.17) is 14.2 Å². The Kier molecular flexibility index (Phi) is 4.24. The third-order valence-electron chi connectivity index (χ3n) is 3.65. The van der Waals surface area contributed by atoms with Crippen molar-refractivity contribution in [3.05, 3.63) is 27.8 Å². The van der Waals surface area contributed by atoms with E-state index in [1.807, 2.05) is 0 Å². The number of amides is 1. The number of benzene rings is 1. The molecule has 1 aliphatic heterocycles. The first kappa shape index (κ1) is 16.0. The number of nitro benzene ring substituents is 1. The second-order valence-electron chi connectivity index (χ2n) is 5.60. The smallest absolute Gasteiger partial charge is 0.346 e. The van der Waals surface area contributed by atoms with E-state index in [1.165, 1.54) is 13.0 Å².